The fourth-order valence-electron chi connectivity index (χ4n) is 1.16. The van der Waals surface area contributed by atoms with Gasteiger partial charge < -0.3 is 0 Å². The predicted molar refractivity (Wildman–Crippen MR) is 51.5 cm³/mol. The molecule has 0 amide bonds. The Labute approximate surface area is 101 Å². The van der Waals surface area contributed by atoms with E-state index in [4.69, 9.17) is 5.26 Å². The monoisotopic (exact) mass is 314 g/mol. The first-order valence-electron chi connectivity index (χ1n) is 4.16. The van der Waals surface area contributed by atoms with E-state index in [-0.39, 0.29) is 10.9 Å². The van der Waals surface area contributed by atoms with Crippen molar-refractivity contribution >= 4 is 15.9 Å². The molecular weight excluding hydrogens is 311 g/mol. The van der Waals surface area contributed by atoms with Crippen LogP contribution in [0.5, 0.6) is 0 Å². The molecule has 0 aliphatic carbocycles. The summed E-state index contributed by atoms with van der Waals surface area (Å²) in [5.41, 5.74) is -3.26. The van der Waals surface area contributed by atoms with Crippen molar-refractivity contribution in [1.82, 2.24) is 4.98 Å². The average Bonchev–Trinajstić information content (AvgIpc) is 2.25. The van der Waals surface area contributed by atoms with E-state index in [1.54, 1.807) is 0 Å². The summed E-state index contributed by atoms with van der Waals surface area (Å²) in [7, 11) is 0. The molecule has 0 unspecified atom stereocenters. The van der Waals surface area contributed by atoms with E-state index in [0.29, 0.717) is 6.07 Å². The topological polar surface area (TPSA) is 36.7 Å². The van der Waals surface area contributed by atoms with Crippen LogP contribution in [0.3, 0.4) is 0 Å². The van der Waals surface area contributed by atoms with E-state index in [9.17, 15) is 22.0 Å². The molecule has 0 saturated carbocycles. The normalized spacial score (nSPS) is 11.6. The van der Waals surface area contributed by atoms with Crippen molar-refractivity contribution in [1.29, 1.82) is 5.26 Å². The number of pyridine rings is 1. The van der Waals surface area contributed by atoms with Crippen LogP contribution in [-0.2, 0) is 11.5 Å². The van der Waals surface area contributed by atoms with E-state index in [2.05, 4.69) is 20.9 Å². The molecule has 0 bridgehead atoms. The standard InChI is InChI=1S/C9H4BrF5N2/c10-2-4-1-6(9(13,14)15)17-7(8(11)12)5(4)3-16/h1,8H,2H2. The minimum absolute atomic E-state index is 0.138. The fraction of sp³-hybridized carbons (Fsp3) is 0.333. The van der Waals surface area contributed by atoms with Gasteiger partial charge in [0.1, 0.15) is 17.5 Å². The fourth-order valence-corrected chi connectivity index (χ4v) is 1.60. The van der Waals surface area contributed by atoms with E-state index in [1.165, 1.54) is 6.07 Å². The largest absolute Gasteiger partial charge is 0.433 e. The maximum Gasteiger partial charge on any atom is 0.433 e. The average molecular weight is 315 g/mol. The molecule has 8 heteroatoms. The Bertz CT molecular complexity index is 464. The van der Waals surface area contributed by atoms with Gasteiger partial charge in [-0.1, -0.05) is 15.9 Å². The first-order chi connectivity index (χ1) is 7.81. The van der Waals surface area contributed by atoms with Gasteiger partial charge in [0.05, 0.1) is 5.56 Å². The maximum absolute atomic E-state index is 12.5. The van der Waals surface area contributed by atoms with Crippen LogP contribution in [0.1, 0.15) is 28.9 Å². The third kappa shape index (κ3) is 2.91. The van der Waals surface area contributed by atoms with Crippen molar-refractivity contribution in [3.63, 3.8) is 0 Å². The minimum Gasteiger partial charge on any atom is -0.241 e. The van der Waals surface area contributed by atoms with Crippen LogP contribution in [0.4, 0.5) is 22.0 Å². The lowest BCUT2D eigenvalue weighted by Gasteiger charge is -2.11. The molecule has 1 heterocycles. The summed E-state index contributed by atoms with van der Waals surface area (Å²) in [5, 5.41) is 8.51. The second-order valence-corrected chi connectivity index (χ2v) is 3.53. The Morgan fingerprint density at radius 2 is 2.00 bits per heavy atom. The molecular formula is C9H4BrF5N2. The van der Waals surface area contributed by atoms with Crippen LogP contribution >= 0.6 is 15.9 Å². The highest BCUT2D eigenvalue weighted by Gasteiger charge is 2.35. The number of nitrogens with zero attached hydrogens (tertiary/aromatic N) is 2. The summed E-state index contributed by atoms with van der Waals surface area (Å²) >= 11 is 2.84. The first kappa shape index (κ1) is 13.8. The lowest BCUT2D eigenvalue weighted by atomic mass is 10.1. The zero-order valence-electron chi connectivity index (χ0n) is 8.02. The van der Waals surface area contributed by atoms with Crippen LogP contribution in [0.25, 0.3) is 0 Å². The molecule has 0 saturated heterocycles. The second kappa shape index (κ2) is 4.96. The summed E-state index contributed by atoms with van der Waals surface area (Å²) in [6.45, 7) is 0. The molecule has 1 rings (SSSR count). The summed E-state index contributed by atoms with van der Waals surface area (Å²) in [5.74, 6) is 0. The highest BCUT2D eigenvalue weighted by molar-refractivity contribution is 9.08. The Kier molecular flexibility index (Phi) is 4.03. The highest BCUT2D eigenvalue weighted by Crippen LogP contribution is 2.33. The van der Waals surface area contributed by atoms with Gasteiger partial charge in [0.2, 0.25) is 0 Å². The van der Waals surface area contributed by atoms with Crippen molar-refractivity contribution in [2.75, 3.05) is 0 Å². The van der Waals surface area contributed by atoms with Crippen LogP contribution in [0.2, 0.25) is 0 Å². The molecule has 0 atom stereocenters. The minimum atomic E-state index is -4.82. The smallest absolute Gasteiger partial charge is 0.241 e. The number of alkyl halides is 6. The SMILES string of the molecule is N#Cc1c(CBr)cc(C(F)(F)F)nc1C(F)F. The van der Waals surface area contributed by atoms with Gasteiger partial charge >= 0.3 is 6.18 Å². The molecule has 0 radical (unpaired) electrons. The molecule has 0 fully saturated rings. The zero-order chi connectivity index (χ0) is 13.2. The van der Waals surface area contributed by atoms with Crippen molar-refractivity contribution in [2.45, 2.75) is 17.9 Å². The van der Waals surface area contributed by atoms with E-state index in [0.717, 1.165) is 0 Å². The first-order valence-corrected chi connectivity index (χ1v) is 5.28. The van der Waals surface area contributed by atoms with Crippen LogP contribution < -0.4 is 0 Å². The Hall–Kier alpha value is -1.23. The van der Waals surface area contributed by atoms with E-state index >= 15 is 0 Å². The van der Waals surface area contributed by atoms with Crippen molar-refractivity contribution in [3.8, 4) is 6.07 Å². The summed E-state index contributed by atoms with van der Waals surface area (Å²) < 4.78 is 62.1. The summed E-state index contributed by atoms with van der Waals surface area (Å²) in [4.78, 5) is 2.80. The quantitative estimate of drug-likeness (QED) is 0.615. The molecule has 1 aromatic rings. The maximum atomic E-state index is 12.5. The van der Waals surface area contributed by atoms with Gasteiger partial charge in [-0.3, -0.25) is 0 Å². The van der Waals surface area contributed by atoms with Gasteiger partial charge in [0, 0.05) is 5.33 Å². The Balaban J connectivity index is 3.53. The summed E-state index contributed by atoms with van der Waals surface area (Å²) in [6, 6.07) is 2.02. The van der Waals surface area contributed by atoms with E-state index < -0.39 is 29.6 Å². The molecule has 0 aliphatic heterocycles. The van der Waals surface area contributed by atoms with Gasteiger partial charge in [0.15, 0.2) is 0 Å². The second-order valence-electron chi connectivity index (χ2n) is 2.97. The lowest BCUT2D eigenvalue weighted by molar-refractivity contribution is -0.141. The third-order valence-corrected chi connectivity index (χ3v) is 2.49. The molecule has 92 valence electrons. The summed E-state index contributed by atoms with van der Waals surface area (Å²) in [6.07, 6.45) is -8.06. The molecule has 0 aliphatic rings. The number of hydrogen-bond acceptors (Lipinski definition) is 2. The predicted octanol–water partition coefficient (Wildman–Crippen LogP) is 3.80. The highest BCUT2D eigenvalue weighted by atomic mass is 79.9. The molecule has 17 heavy (non-hydrogen) atoms. The Morgan fingerprint density at radius 1 is 1.41 bits per heavy atom. The van der Waals surface area contributed by atoms with Crippen LogP contribution in [0.15, 0.2) is 6.07 Å². The lowest BCUT2D eigenvalue weighted by Crippen LogP contribution is -2.12. The number of halogens is 6. The van der Waals surface area contributed by atoms with Crippen molar-refractivity contribution in [3.05, 3.63) is 28.6 Å². The van der Waals surface area contributed by atoms with Crippen molar-refractivity contribution in [2.24, 2.45) is 0 Å². The van der Waals surface area contributed by atoms with Crippen molar-refractivity contribution < 1.29 is 22.0 Å². The Morgan fingerprint density at radius 3 is 2.35 bits per heavy atom. The zero-order valence-corrected chi connectivity index (χ0v) is 9.61. The van der Waals surface area contributed by atoms with Gasteiger partial charge in [-0.05, 0) is 11.6 Å². The third-order valence-electron chi connectivity index (χ3n) is 1.88. The van der Waals surface area contributed by atoms with Gasteiger partial charge in [-0.25, -0.2) is 13.8 Å². The molecule has 0 N–H and O–H groups in total. The van der Waals surface area contributed by atoms with Gasteiger partial charge in [-0.2, -0.15) is 18.4 Å². The van der Waals surface area contributed by atoms with E-state index in [1.807, 2.05) is 0 Å². The number of aromatic nitrogens is 1. The van der Waals surface area contributed by atoms with Crippen LogP contribution in [-0.4, -0.2) is 4.98 Å². The number of nitriles is 1. The number of hydrogen-bond donors (Lipinski definition) is 0. The molecule has 2 nitrogen and oxygen atoms in total. The van der Waals surface area contributed by atoms with Crippen LogP contribution in [0, 0.1) is 11.3 Å². The van der Waals surface area contributed by atoms with Gasteiger partial charge in [0.25, 0.3) is 6.43 Å². The molecule has 0 aromatic carbocycles. The molecule has 1 aromatic heterocycles. The number of rotatable bonds is 2. The van der Waals surface area contributed by atoms with Gasteiger partial charge in [-0.15, -0.1) is 0 Å². The molecule has 0 spiro atoms.